The molecule has 0 aromatic carbocycles. The van der Waals surface area contributed by atoms with Gasteiger partial charge >= 0.3 is 6.03 Å². The van der Waals surface area contributed by atoms with E-state index in [1.165, 1.54) is 0 Å². The first-order valence-corrected chi connectivity index (χ1v) is 6.50. The normalized spacial score (nSPS) is 15.9. The van der Waals surface area contributed by atoms with E-state index in [0.29, 0.717) is 19.1 Å². The zero-order valence-electron chi connectivity index (χ0n) is 10.6. The second kappa shape index (κ2) is 6.74. The number of amides is 2. The van der Waals surface area contributed by atoms with E-state index in [2.05, 4.69) is 13.8 Å². The molecule has 4 nitrogen and oxygen atoms in total. The molecule has 1 aliphatic rings. The van der Waals surface area contributed by atoms with Crippen molar-refractivity contribution in [2.45, 2.75) is 45.6 Å². The zero-order chi connectivity index (χ0) is 12.0. The number of carbonyl (C=O) groups is 1. The molecule has 0 bridgehead atoms. The second-order valence-corrected chi connectivity index (χ2v) is 4.43. The first kappa shape index (κ1) is 13.3. The maximum Gasteiger partial charge on any atom is 0.320 e. The first-order chi connectivity index (χ1) is 7.74. The van der Waals surface area contributed by atoms with Gasteiger partial charge in [0.25, 0.3) is 0 Å². The van der Waals surface area contributed by atoms with E-state index in [9.17, 15) is 4.79 Å². The van der Waals surface area contributed by atoms with Crippen LogP contribution < -0.4 is 5.73 Å². The topological polar surface area (TPSA) is 49.6 Å². The van der Waals surface area contributed by atoms with Crippen LogP contribution in [-0.2, 0) is 0 Å². The second-order valence-electron chi connectivity index (χ2n) is 4.43. The average molecular weight is 227 g/mol. The summed E-state index contributed by atoms with van der Waals surface area (Å²) in [6.45, 7) is 7.34. The summed E-state index contributed by atoms with van der Waals surface area (Å²) in [4.78, 5) is 16.2. The molecule has 0 unspecified atom stereocenters. The number of hydrogen-bond donors (Lipinski definition) is 1. The largest absolute Gasteiger partial charge is 0.329 e. The van der Waals surface area contributed by atoms with Gasteiger partial charge in [-0.25, -0.2) is 4.79 Å². The monoisotopic (exact) mass is 227 g/mol. The van der Waals surface area contributed by atoms with Crippen LogP contribution in [0.4, 0.5) is 4.79 Å². The van der Waals surface area contributed by atoms with E-state index in [1.807, 2.05) is 9.80 Å². The van der Waals surface area contributed by atoms with Gasteiger partial charge in [0.15, 0.2) is 0 Å². The molecular weight excluding hydrogens is 202 g/mol. The van der Waals surface area contributed by atoms with E-state index < -0.39 is 0 Å². The quantitative estimate of drug-likeness (QED) is 0.776. The fourth-order valence-electron chi connectivity index (χ4n) is 2.39. The minimum absolute atomic E-state index is 0.191. The summed E-state index contributed by atoms with van der Waals surface area (Å²) in [7, 11) is 0. The molecule has 0 saturated carbocycles. The molecule has 0 aromatic rings. The van der Waals surface area contributed by atoms with Gasteiger partial charge in [0.2, 0.25) is 0 Å². The van der Waals surface area contributed by atoms with Gasteiger partial charge in [-0.3, -0.25) is 0 Å². The molecule has 0 radical (unpaired) electrons. The van der Waals surface area contributed by atoms with Crippen LogP contribution in [0, 0.1) is 0 Å². The Morgan fingerprint density at radius 1 is 1.31 bits per heavy atom. The average Bonchev–Trinajstić information content (AvgIpc) is 2.82. The van der Waals surface area contributed by atoms with Crippen LogP contribution in [-0.4, -0.2) is 48.1 Å². The predicted molar refractivity (Wildman–Crippen MR) is 66.3 cm³/mol. The van der Waals surface area contributed by atoms with Crippen molar-refractivity contribution in [1.29, 1.82) is 0 Å². The van der Waals surface area contributed by atoms with Gasteiger partial charge in [-0.05, 0) is 25.7 Å². The van der Waals surface area contributed by atoms with Crippen LogP contribution in [0.2, 0.25) is 0 Å². The standard InChI is InChI=1S/C12H25N3O/c1-3-11(4-2)15(10-7-13)12(16)14-8-5-6-9-14/h11H,3-10,13H2,1-2H3. The molecule has 1 rings (SSSR count). The summed E-state index contributed by atoms with van der Waals surface area (Å²) >= 11 is 0. The van der Waals surface area contributed by atoms with Crippen molar-refractivity contribution >= 4 is 6.03 Å². The van der Waals surface area contributed by atoms with Crippen molar-refractivity contribution in [1.82, 2.24) is 9.80 Å². The maximum atomic E-state index is 12.3. The van der Waals surface area contributed by atoms with Gasteiger partial charge < -0.3 is 15.5 Å². The molecule has 0 spiro atoms. The predicted octanol–water partition coefficient (Wildman–Crippen LogP) is 1.65. The molecule has 4 heteroatoms. The highest BCUT2D eigenvalue weighted by molar-refractivity contribution is 5.75. The SMILES string of the molecule is CCC(CC)N(CCN)C(=O)N1CCCC1. The van der Waals surface area contributed by atoms with Gasteiger partial charge in [0, 0.05) is 32.2 Å². The van der Waals surface area contributed by atoms with E-state index in [4.69, 9.17) is 5.73 Å². The highest BCUT2D eigenvalue weighted by Crippen LogP contribution is 2.15. The van der Waals surface area contributed by atoms with Crippen molar-refractivity contribution in [3.63, 3.8) is 0 Å². The number of carbonyl (C=O) groups excluding carboxylic acids is 1. The minimum Gasteiger partial charge on any atom is -0.329 e. The molecule has 94 valence electrons. The third-order valence-electron chi connectivity index (χ3n) is 3.38. The number of likely N-dealkylation sites (tertiary alicyclic amines) is 1. The van der Waals surface area contributed by atoms with Gasteiger partial charge in [0.1, 0.15) is 0 Å². The molecule has 0 atom stereocenters. The van der Waals surface area contributed by atoms with Crippen LogP contribution in [0.5, 0.6) is 0 Å². The van der Waals surface area contributed by atoms with Crippen molar-refractivity contribution in [2.75, 3.05) is 26.2 Å². The lowest BCUT2D eigenvalue weighted by atomic mass is 10.1. The number of nitrogens with two attached hydrogens (primary N) is 1. The Morgan fingerprint density at radius 3 is 2.31 bits per heavy atom. The Balaban J connectivity index is 2.63. The van der Waals surface area contributed by atoms with Crippen LogP contribution >= 0.6 is 0 Å². The lowest BCUT2D eigenvalue weighted by Gasteiger charge is -2.33. The highest BCUT2D eigenvalue weighted by Gasteiger charge is 2.26. The molecule has 2 amide bonds. The van der Waals surface area contributed by atoms with Crippen molar-refractivity contribution in [2.24, 2.45) is 5.73 Å². The summed E-state index contributed by atoms with van der Waals surface area (Å²) in [6, 6.07) is 0.535. The van der Waals surface area contributed by atoms with Crippen molar-refractivity contribution in [3.8, 4) is 0 Å². The van der Waals surface area contributed by atoms with Gasteiger partial charge in [-0.2, -0.15) is 0 Å². The molecule has 0 aliphatic carbocycles. The van der Waals surface area contributed by atoms with Crippen LogP contribution in [0.3, 0.4) is 0 Å². The third-order valence-corrected chi connectivity index (χ3v) is 3.38. The van der Waals surface area contributed by atoms with Gasteiger partial charge in [-0.15, -0.1) is 0 Å². The van der Waals surface area contributed by atoms with Gasteiger partial charge in [-0.1, -0.05) is 13.8 Å². The smallest absolute Gasteiger partial charge is 0.320 e. The Labute approximate surface area is 98.8 Å². The lowest BCUT2D eigenvalue weighted by Crippen LogP contribution is -2.48. The summed E-state index contributed by atoms with van der Waals surface area (Å²) in [5.41, 5.74) is 5.60. The van der Waals surface area contributed by atoms with E-state index in [-0.39, 0.29) is 6.03 Å². The van der Waals surface area contributed by atoms with Crippen LogP contribution in [0.15, 0.2) is 0 Å². The van der Waals surface area contributed by atoms with Crippen LogP contribution in [0.25, 0.3) is 0 Å². The van der Waals surface area contributed by atoms with E-state index in [1.54, 1.807) is 0 Å². The van der Waals surface area contributed by atoms with Crippen LogP contribution in [0.1, 0.15) is 39.5 Å². The first-order valence-electron chi connectivity index (χ1n) is 6.50. The Hall–Kier alpha value is -0.770. The van der Waals surface area contributed by atoms with Gasteiger partial charge in [0.05, 0.1) is 0 Å². The third kappa shape index (κ3) is 3.11. The summed E-state index contributed by atoms with van der Waals surface area (Å²) in [6.07, 6.45) is 4.31. The molecule has 16 heavy (non-hydrogen) atoms. The fourth-order valence-corrected chi connectivity index (χ4v) is 2.39. The summed E-state index contributed by atoms with van der Waals surface area (Å²) in [5, 5.41) is 0. The molecule has 1 heterocycles. The molecular formula is C12H25N3O. The zero-order valence-corrected chi connectivity index (χ0v) is 10.6. The van der Waals surface area contributed by atoms with Crippen molar-refractivity contribution < 1.29 is 4.79 Å². The number of urea groups is 1. The minimum atomic E-state index is 0.191. The number of rotatable bonds is 5. The Morgan fingerprint density at radius 2 is 1.88 bits per heavy atom. The van der Waals surface area contributed by atoms with E-state index >= 15 is 0 Å². The number of nitrogens with zero attached hydrogens (tertiary/aromatic N) is 2. The molecule has 1 fully saturated rings. The molecule has 1 aliphatic heterocycles. The maximum absolute atomic E-state index is 12.3. The number of hydrogen-bond acceptors (Lipinski definition) is 2. The summed E-state index contributed by atoms with van der Waals surface area (Å²) in [5.74, 6) is 0. The van der Waals surface area contributed by atoms with Crippen molar-refractivity contribution in [3.05, 3.63) is 0 Å². The highest BCUT2D eigenvalue weighted by atomic mass is 16.2. The molecule has 0 aromatic heterocycles. The lowest BCUT2D eigenvalue weighted by molar-refractivity contribution is 0.139. The van der Waals surface area contributed by atoms with E-state index in [0.717, 1.165) is 38.8 Å². The summed E-state index contributed by atoms with van der Waals surface area (Å²) < 4.78 is 0. The Bertz CT molecular complexity index is 210. The fraction of sp³-hybridized carbons (Fsp3) is 0.917. The molecule has 2 N–H and O–H groups in total. The molecule has 1 saturated heterocycles. The Kier molecular flexibility index (Phi) is 5.60.